The van der Waals surface area contributed by atoms with E-state index in [0.717, 1.165) is 110 Å². The predicted octanol–water partition coefficient (Wildman–Crippen LogP) is 5.00. The van der Waals surface area contributed by atoms with Gasteiger partial charge < -0.3 is 39.1 Å². The largest absolute Gasteiger partial charge is 0.462 e. The molecule has 56 heavy (non-hydrogen) atoms. The number of hydrogen-bond donors (Lipinski definition) is 2. The molecule has 2 aliphatic carbocycles. The van der Waals surface area contributed by atoms with E-state index in [1.165, 1.54) is 0 Å². The third-order valence-corrected chi connectivity index (χ3v) is 11.3. The van der Waals surface area contributed by atoms with E-state index in [2.05, 4.69) is 10.6 Å². The second-order valence-corrected chi connectivity index (χ2v) is 15.4. The van der Waals surface area contributed by atoms with Crippen LogP contribution < -0.4 is 10.6 Å². The van der Waals surface area contributed by atoms with Gasteiger partial charge in [0.05, 0.1) is 24.3 Å². The summed E-state index contributed by atoms with van der Waals surface area (Å²) in [4.78, 5) is 107. The van der Waals surface area contributed by atoms with Crippen molar-refractivity contribution in [1.82, 2.24) is 0 Å². The SMILES string of the molecule is CCOC(=O)c1c(NC(=O)C(OC(C)=O)C(OC(C)=O)C(OC(C)=O)C(OC(C)=O)C(=O)Nc2sc3c(c2C(=O)OCC)CCCCC3)sc2c1CCCCC2. The van der Waals surface area contributed by atoms with Gasteiger partial charge in [0.1, 0.15) is 10.0 Å². The topological polar surface area (TPSA) is 216 Å². The molecule has 0 saturated carbocycles. The smallest absolute Gasteiger partial charge is 0.341 e. The Kier molecular flexibility index (Phi) is 16.0. The first-order chi connectivity index (χ1) is 26.7. The third-order valence-electron chi connectivity index (χ3n) is 8.90. The van der Waals surface area contributed by atoms with E-state index < -0.39 is 72.0 Å². The maximum Gasteiger partial charge on any atom is 0.341 e. The Morgan fingerprint density at radius 3 is 1.18 bits per heavy atom. The summed E-state index contributed by atoms with van der Waals surface area (Å²) in [5, 5.41) is 5.41. The molecule has 2 N–H and O–H groups in total. The number of ether oxygens (including phenoxy) is 6. The minimum absolute atomic E-state index is 0.0560. The number of amides is 2. The zero-order valence-electron chi connectivity index (χ0n) is 32.3. The second-order valence-electron chi connectivity index (χ2n) is 13.2. The van der Waals surface area contributed by atoms with Crippen LogP contribution in [0, 0.1) is 0 Å². The van der Waals surface area contributed by atoms with E-state index in [4.69, 9.17) is 28.4 Å². The van der Waals surface area contributed by atoms with Gasteiger partial charge in [0.2, 0.25) is 12.2 Å². The molecule has 18 heteroatoms. The summed E-state index contributed by atoms with van der Waals surface area (Å²) in [5.41, 5.74) is 1.71. The van der Waals surface area contributed by atoms with Crippen molar-refractivity contribution in [3.63, 3.8) is 0 Å². The first kappa shape index (κ1) is 43.9. The molecule has 0 aromatic carbocycles. The summed E-state index contributed by atoms with van der Waals surface area (Å²) in [7, 11) is 0. The molecule has 0 spiro atoms. The summed E-state index contributed by atoms with van der Waals surface area (Å²) >= 11 is 2.29. The van der Waals surface area contributed by atoms with Crippen LogP contribution in [0.2, 0.25) is 0 Å². The van der Waals surface area contributed by atoms with Crippen molar-refractivity contribution < 1.29 is 66.8 Å². The number of rotatable bonds is 15. The van der Waals surface area contributed by atoms with Gasteiger partial charge in [-0.1, -0.05) is 12.8 Å². The molecule has 2 aromatic rings. The lowest BCUT2D eigenvalue weighted by atomic mass is 9.99. The molecule has 0 aliphatic heterocycles. The number of nitrogens with one attached hydrogen (secondary N) is 2. The van der Waals surface area contributed by atoms with Gasteiger partial charge in [-0.3, -0.25) is 28.8 Å². The van der Waals surface area contributed by atoms with E-state index in [1.54, 1.807) is 13.8 Å². The lowest BCUT2D eigenvalue weighted by molar-refractivity contribution is -0.198. The lowest BCUT2D eigenvalue weighted by Crippen LogP contribution is -2.57. The van der Waals surface area contributed by atoms with Crippen LogP contribution in [0.1, 0.15) is 122 Å². The number of hydrogen-bond acceptors (Lipinski definition) is 16. The van der Waals surface area contributed by atoms with Crippen molar-refractivity contribution in [3.05, 3.63) is 32.0 Å². The zero-order valence-corrected chi connectivity index (χ0v) is 34.0. The average Bonchev–Trinajstić information content (AvgIpc) is 3.40. The summed E-state index contributed by atoms with van der Waals surface area (Å²) in [6.07, 6.45) is -0.916. The molecule has 0 radical (unpaired) electrons. The molecule has 2 aromatic heterocycles. The van der Waals surface area contributed by atoms with E-state index in [-0.39, 0.29) is 34.3 Å². The normalized spacial score (nSPS) is 15.8. The predicted molar refractivity (Wildman–Crippen MR) is 203 cm³/mol. The fourth-order valence-electron chi connectivity index (χ4n) is 6.75. The molecule has 2 aliphatic rings. The standard InChI is InChI=1S/C38H48N2O14S2/c1-7-49-37(47)27-23-15-11-9-13-17-25(23)55-35(27)39-33(45)31(53-21(5)43)29(51-19(3)41)30(52-20(4)42)32(54-22(6)44)34(46)40-36-28(38(48)50-8-2)24-16-12-10-14-18-26(24)56-36/h29-32H,7-18H2,1-6H3,(H,39,45)(H,40,46). The van der Waals surface area contributed by atoms with Gasteiger partial charge in [0.25, 0.3) is 11.8 Å². The van der Waals surface area contributed by atoms with Gasteiger partial charge in [-0.25, -0.2) is 9.59 Å². The Morgan fingerprint density at radius 1 is 0.518 bits per heavy atom. The quantitative estimate of drug-likeness (QED) is 0.137. The zero-order chi connectivity index (χ0) is 41.1. The summed E-state index contributed by atoms with van der Waals surface area (Å²) in [5.74, 6) is -7.80. The van der Waals surface area contributed by atoms with Crippen molar-refractivity contribution in [2.45, 2.75) is 130 Å². The van der Waals surface area contributed by atoms with Crippen LogP contribution in [0.15, 0.2) is 0 Å². The Hall–Kier alpha value is -4.84. The van der Waals surface area contributed by atoms with Crippen molar-refractivity contribution in [2.24, 2.45) is 0 Å². The van der Waals surface area contributed by atoms with Crippen molar-refractivity contribution in [2.75, 3.05) is 23.8 Å². The fraction of sp³-hybridized carbons (Fsp3) is 0.579. The summed E-state index contributed by atoms with van der Waals surface area (Å²) in [6.45, 7) is 7.24. The van der Waals surface area contributed by atoms with Gasteiger partial charge in [-0.05, 0) is 76.3 Å². The maximum absolute atomic E-state index is 14.3. The number of esters is 6. The molecule has 306 valence electrons. The number of anilines is 2. The van der Waals surface area contributed by atoms with Crippen molar-refractivity contribution in [3.8, 4) is 0 Å². The molecule has 2 amide bonds. The van der Waals surface area contributed by atoms with Gasteiger partial charge in [-0.2, -0.15) is 0 Å². The molecule has 2 heterocycles. The van der Waals surface area contributed by atoms with E-state index in [0.29, 0.717) is 25.7 Å². The molecule has 4 rings (SSSR count). The molecule has 4 unspecified atom stereocenters. The van der Waals surface area contributed by atoms with Crippen LogP contribution in [-0.4, -0.2) is 85.3 Å². The van der Waals surface area contributed by atoms with E-state index in [1.807, 2.05) is 0 Å². The first-order valence-electron chi connectivity index (χ1n) is 18.6. The van der Waals surface area contributed by atoms with Crippen molar-refractivity contribution in [1.29, 1.82) is 0 Å². The maximum atomic E-state index is 14.3. The highest BCUT2D eigenvalue weighted by Crippen LogP contribution is 2.40. The number of carbonyl (C=O) groups is 8. The molecule has 16 nitrogen and oxygen atoms in total. The number of carbonyl (C=O) groups excluding carboxylic acids is 8. The van der Waals surface area contributed by atoms with Crippen LogP contribution >= 0.6 is 22.7 Å². The summed E-state index contributed by atoms with van der Waals surface area (Å²) in [6, 6.07) is 0. The number of thiophene rings is 2. The minimum atomic E-state index is -2.14. The highest BCUT2D eigenvalue weighted by Gasteiger charge is 2.50. The van der Waals surface area contributed by atoms with Crippen LogP contribution in [0.25, 0.3) is 0 Å². The average molecular weight is 821 g/mol. The highest BCUT2D eigenvalue weighted by molar-refractivity contribution is 7.17. The molecular weight excluding hydrogens is 773 g/mol. The van der Waals surface area contributed by atoms with Gasteiger partial charge in [0, 0.05) is 37.4 Å². The van der Waals surface area contributed by atoms with Crippen LogP contribution in [-0.2, 0) is 82.9 Å². The van der Waals surface area contributed by atoms with Crippen LogP contribution in [0.5, 0.6) is 0 Å². The monoisotopic (exact) mass is 820 g/mol. The van der Waals surface area contributed by atoms with Gasteiger partial charge >= 0.3 is 35.8 Å². The molecule has 0 bridgehead atoms. The van der Waals surface area contributed by atoms with Crippen LogP contribution in [0.4, 0.5) is 10.0 Å². The number of fused-ring (bicyclic) bond motifs is 2. The van der Waals surface area contributed by atoms with Gasteiger partial charge in [-0.15, -0.1) is 22.7 Å². The molecule has 4 atom stereocenters. The highest BCUT2D eigenvalue weighted by atomic mass is 32.1. The molecule has 0 fully saturated rings. The number of aryl methyl sites for hydroxylation is 2. The third kappa shape index (κ3) is 11.1. The summed E-state index contributed by atoms with van der Waals surface area (Å²) < 4.78 is 32.5. The van der Waals surface area contributed by atoms with Gasteiger partial charge in [0.15, 0.2) is 12.2 Å². The fourth-order valence-corrected chi connectivity index (χ4v) is 9.31. The molecule has 0 saturated heterocycles. The van der Waals surface area contributed by atoms with E-state index >= 15 is 0 Å². The Bertz CT molecular complexity index is 1700. The second kappa shape index (κ2) is 20.4. The Labute approximate surface area is 332 Å². The minimum Gasteiger partial charge on any atom is -0.462 e. The Morgan fingerprint density at radius 2 is 0.857 bits per heavy atom. The van der Waals surface area contributed by atoms with E-state index in [9.17, 15) is 38.4 Å². The molecular formula is C38H48N2O14S2. The van der Waals surface area contributed by atoms with Crippen LogP contribution in [0.3, 0.4) is 0 Å². The first-order valence-corrected chi connectivity index (χ1v) is 20.2. The Balaban J connectivity index is 1.81. The van der Waals surface area contributed by atoms with Crippen molar-refractivity contribution >= 4 is 80.3 Å². The lowest BCUT2D eigenvalue weighted by Gasteiger charge is -2.34.